The van der Waals surface area contributed by atoms with E-state index < -0.39 is 11.9 Å². The Morgan fingerprint density at radius 2 is 2.18 bits per heavy atom. The van der Waals surface area contributed by atoms with Crippen molar-refractivity contribution in [1.82, 2.24) is 0 Å². The van der Waals surface area contributed by atoms with Crippen LogP contribution >= 0.6 is 34.2 Å². The molecule has 17 heavy (non-hydrogen) atoms. The molecule has 1 saturated heterocycles. The first-order valence-corrected chi connectivity index (χ1v) is 6.86. The van der Waals surface area contributed by atoms with E-state index in [-0.39, 0.29) is 23.6 Å². The highest BCUT2D eigenvalue weighted by molar-refractivity contribution is 14.1. The fourth-order valence-corrected chi connectivity index (χ4v) is 3.07. The number of hydrogen-bond acceptors (Lipinski definition) is 4. The number of carbonyl (C=O) groups excluding carboxylic acids is 1. The molecule has 0 N–H and O–H groups in total. The van der Waals surface area contributed by atoms with Gasteiger partial charge in [0.05, 0.1) is 0 Å². The SMILES string of the molecule is CC(=O)O[C@H]1[C@H]2OC(C)(C)O[C@H]2C=C(I)[C@@H]1Cl. The Labute approximate surface area is 119 Å². The maximum absolute atomic E-state index is 11.1. The lowest BCUT2D eigenvalue weighted by atomic mass is 9.98. The summed E-state index contributed by atoms with van der Waals surface area (Å²) in [4.78, 5) is 11.1. The minimum atomic E-state index is -0.678. The third kappa shape index (κ3) is 2.77. The summed E-state index contributed by atoms with van der Waals surface area (Å²) < 4.78 is 17.7. The van der Waals surface area contributed by atoms with E-state index in [1.54, 1.807) is 0 Å². The number of carbonyl (C=O) groups is 1. The topological polar surface area (TPSA) is 44.8 Å². The van der Waals surface area contributed by atoms with Crippen molar-refractivity contribution in [2.24, 2.45) is 0 Å². The van der Waals surface area contributed by atoms with E-state index in [0.29, 0.717) is 0 Å². The van der Waals surface area contributed by atoms with E-state index in [9.17, 15) is 4.79 Å². The molecule has 0 amide bonds. The molecule has 1 aliphatic heterocycles. The van der Waals surface area contributed by atoms with Gasteiger partial charge in [-0.1, -0.05) is 0 Å². The van der Waals surface area contributed by atoms with E-state index in [4.69, 9.17) is 25.8 Å². The lowest BCUT2D eigenvalue weighted by molar-refractivity contribution is -0.168. The molecule has 96 valence electrons. The average Bonchev–Trinajstić information content (AvgIpc) is 2.47. The van der Waals surface area contributed by atoms with Gasteiger partial charge in [0.1, 0.15) is 17.6 Å². The summed E-state index contributed by atoms with van der Waals surface area (Å²) in [5.74, 6) is -1.04. The molecule has 0 spiro atoms. The average molecular weight is 373 g/mol. The van der Waals surface area contributed by atoms with Crippen LogP contribution in [-0.4, -0.2) is 35.4 Å². The Morgan fingerprint density at radius 1 is 1.53 bits per heavy atom. The molecule has 2 rings (SSSR count). The molecule has 1 fully saturated rings. The molecule has 0 bridgehead atoms. The van der Waals surface area contributed by atoms with Gasteiger partial charge in [-0.25, -0.2) is 0 Å². The Morgan fingerprint density at radius 3 is 2.76 bits per heavy atom. The van der Waals surface area contributed by atoms with Crippen molar-refractivity contribution in [1.29, 1.82) is 0 Å². The van der Waals surface area contributed by atoms with Crippen molar-refractivity contribution >= 4 is 40.2 Å². The quantitative estimate of drug-likeness (QED) is 0.403. The monoisotopic (exact) mass is 372 g/mol. The van der Waals surface area contributed by atoms with Crippen LogP contribution in [0.3, 0.4) is 0 Å². The van der Waals surface area contributed by atoms with E-state index in [1.165, 1.54) is 6.92 Å². The maximum Gasteiger partial charge on any atom is 0.303 e. The number of halogens is 2. The molecule has 1 aliphatic carbocycles. The van der Waals surface area contributed by atoms with Gasteiger partial charge in [-0.15, -0.1) is 11.6 Å². The summed E-state index contributed by atoms with van der Waals surface area (Å²) in [6, 6.07) is 0. The highest BCUT2D eigenvalue weighted by Crippen LogP contribution is 2.40. The number of hydrogen-bond donors (Lipinski definition) is 0. The second-order valence-electron chi connectivity index (χ2n) is 4.59. The molecular formula is C11H14ClIO4. The van der Waals surface area contributed by atoms with Crippen LogP contribution in [0.1, 0.15) is 20.8 Å². The van der Waals surface area contributed by atoms with Crippen LogP contribution in [-0.2, 0) is 19.0 Å². The number of rotatable bonds is 1. The molecule has 4 atom stereocenters. The second-order valence-corrected chi connectivity index (χ2v) is 6.31. The van der Waals surface area contributed by atoms with E-state index in [1.807, 2.05) is 19.9 Å². The van der Waals surface area contributed by atoms with Crippen LogP contribution in [0.5, 0.6) is 0 Å². The largest absolute Gasteiger partial charge is 0.458 e. The van der Waals surface area contributed by atoms with Gasteiger partial charge in [-0.05, 0) is 42.5 Å². The number of fused-ring (bicyclic) bond motifs is 1. The van der Waals surface area contributed by atoms with Crippen LogP contribution in [0, 0.1) is 0 Å². The van der Waals surface area contributed by atoms with Gasteiger partial charge >= 0.3 is 5.97 Å². The van der Waals surface area contributed by atoms with Crippen molar-refractivity contribution < 1.29 is 19.0 Å². The van der Waals surface area contributed by atoms with Gasteiger partial charge in [0.25, 0.3) is 0 Å². The Balaban J connectivity index is 2.26. The third-order valence-electron chi connectivity index (χ3n) is 2.66. The molecule has 0 aromatic heterocycles. The molecule has 0 unspecified atom stereocenters. The third-order valence-corrected chi connectivity index (χ3v) is 4.55. The van der Waals surface area contributed by atoms with Gasteiger partial charge in [-0.3, -0.25) is 4.79 Å². The van der Waals surface area contributed by atoms with Crippen molar-refractivity contribution in [2.45, 2.75) is 50.2 Å². The summed E-state index contributed by atoms with van der Waals surface area (Å²) in [5.41, 5.74) is 0. The highest BCUT2D eigenvalue weighted by atomic mass is 127. The predicted molar refractivity (Wildman–Crippen MR) is 71.1 cm³/mol. The van der Waals surface area contributed by atoms with Crippen LogP contribution in [0.2, 0.25) is 0 Å². The van der Waals surface area contributed by atoms with Gasteiger partial charge in [0, 0.05) is 10.5 Å². The van der Waals surface area contributed by atoms with Crippen molar-refractivity contribution in [3.05, 3.63) is 9.66 Å². The summed E-state index contributed by atoms with van der Waals surface area (Å²) in [6.45, 7) is 5.03. The lowest BCUT2D eigenvalue weighted by Gasteiger charge is -2.32. The molecule has 0 aromatic rings. The van der Waals surface area contributed by atoms with E-state index in [0.717, 1.165) is 3.58 Å². The lowest BCUT2D eigenvalue weighted by Crippen LogP contribution is -2.46. The molecule has 4 nitrogen and oxygen atoms in total. The zero-order valence-corrected chi connectivity index (χ0v) is 12.7. The Bertz CT molecular complexity index is 368. The highest BCUT2D eigenvalue weighted by Gasteiger charge is 2.51. The first-order chi connectivity index (χ1) is 7.80. The van der Waals surface area contributed by atoms with Crippen molar-refractivity contribution in [3.63, 3.8) is 0 Å². The van der Waals surface area contributed by atoms with Crippen molar-refractivity contribution in [2.75, 3.05) is 0 Å². The normalized spacial score (nSPS) is 39.5. The van der Waals surface area contributed by atoms with Crippen LogP contribution in [0.4, 0.5) is 0 Å². The van der Waals surface area contributed by atoms with E-state index >= 15 is 0 Å². The van der Waals surface area contributed by atoms with Gasteiger partial charge in [0.15, 0.2) is 11.9 Å². The summed E-state index contributed by atoms with van der Waals surface area (Å²) in [7, 11) is 0. The summed E-state index contributed by atoms with van der Waals surface area (Å²) >= 11 is 8.38. The number of alkyl halides is 1. The molecule has 0 saturated carbocycles. The first kappa shape index (κ1) is 13.6. The Hall–Kier alpha value is 0.150. The zero-order chi connectivity index (χ0) is 12.8. The first-order valence-electron chi connectivity index (χ1n) is 5.34. The molecule has 2 aliphatic rings. The zero-order valence-electron chi connectivity index (χ0n) is 9.78. The van der Waals surface area contributed by atoms with Crippen LogP contribution < -0.4 is 0 Å². The summed E-state index contributed by atoms with van der Waals surface area (Å²) in [5, 5.41) is -0.377. The number of esters is 1. The standard InChI is InChI=1S/C11H14ClIO4/c1-5(14)15-10-8(12)6(13)4-7-9(10)17-11(2,3)16-7/h4,7-10H,1-3H3/t7-,8-,9-,10+/m0/s1. The fraction of sp³-hybridized carbons (Fsp3) is 0.727. The molecule has 0 radical (unpaired) electrons. The number of ether oxygens (including phenoxy) is 3. The predicted octanol–water partition coefficient (Wildman–Crippen LogP) is 2.38. The molecule has 1 heterocycles. The van der Waals surface area contributed by atoms with Gasteiger partial charge in [-0.2, -0.15) is 0 Å². The molecule has 6 heteroatoms. The van der Waals surface area contributed by atoms with Crippen molar-refractivity contribution in [3.8, 4) is 0 Å². The smallest absolute Gasteiger partial charge is 0.303 e. The summed E-state index contributed by atoms with van der Waals surface area (Å²) in [6.07, 6.45) is 0.876. The minimum absolute atomic E-state index is 0.212. The molecular weight excluding hydrogens is 358 g/mol. The fourth-order valence-electron chi connectivity index (χ4n) is 2.09. The molecule has 0 aromatic carbocycles. The minimum Gasteiger partial charge on any atom is -0.458 e. The second kappa shape index (κ2) is 4.68. The Kier molecular flexibility index (Phi) is 3.74. The van der Waals surface area contributed by atoms with Gasteiger partial charge < -0.3 is 14.2 Å². The van der Waals surface area contributed by atoms with E-state index in [2.05, 4.69) is 22.6 Å². The van der Waals surface area contributed by atoms with Crippen LogP contribution in [0.15, 0.2) is 9.66 Å². The van der Waals surface area contributed by atoms with Crippen LogP contribution in [0.25, 0.3) is 0 Å². The maximum atomic E-state index is 11.1. The van der Waals surface area contributed by atoms with Gasteiger partial charge in [0.2, 0.25) is 0 Å².